The molecular formula is C18H15N5O3S2. The molecule has 2 aromatic carbocycles. The number of aromatic nitrogens is 4. The smallest absolute Gasteiger partial charge is 0.322 e. The van der Waals surface area contributed by atoms with Crippen LogP contribution < -0.4 is 9.46 Å². The Morgan fingerprint density at radius 2 is 1.64 bits per heavy atom. The van der Waals surface area contributed by atoms with Crippen molar-refractivity contribution in [3.63, 3.8) is 0 Å². The molecule has 0 saturated heterocycles. The molecule has 0 fully saturated rings. The minimum absolute atomic E-state index is 0.0576. The number of anilines is 1. The first-order valence-corrected chi connectivity index (χ1v) is 10.5. The van der Waals surface area contributed by atoms with Gasteiger partial charge >= 0.3 is 6.01 Å². The van der Waals surface area contributed by atoms with Gasteiger partial charge in [0.05, 0.1) is 28.8 Å². The molecule has 142 valence electrons. The molecule has 4 aromatic rings. The fourth-order valence-corrected chi connectivity index (χ4v) is 4.60. The number of aryl methyl sites for hydroxylation is 2. The highest BCUT2D eigenvalue weighted by Crippen LogP contribution is 2.27. The van der Waals surface area contributed by atoms with Gasteiger partial charge in [0.1, 0.15) is 21.7 Å². The molecule has 0 unspecified atom stereocenters. The van der Waals surface area contributed by atoms with Gasteiger partial charge in [-0.25, -0.2) is 8.42 Å². The van der Waals surface area contributed by atoms with Crippen molar-refractivity contribution < 1.29 is 13.2 Å². The van der Waals surface area contributed by atoms with E-state index < -0.39 is 10.0 Å². The van der Waals surface area contributed by atoms with E-state index in [1.165, 1.54) is 6.07 Å². The van der Waals surface area contributed by atoms with Gasteiger partial charge in [-0.3, -0.25) is 4.72 Å². The fraction of sp³-hybridized carbons (Fsp3) is 0.111. The number of ether oxygens (including phenoxy) is 1. The standard InChI is InChI=1S/C18H15N5O3S2/c1-11-16(12(2)20-18(19-11)26-13-7-4-3-5-8-13)23-28(24,25)15-10-6-9-14-17(15)22-27-21-14/h3-10,23H,1-2H3. The Morgan fingerprint density at radius 1 is 0.929 bits per heavy atom. The van der Waals surface area contributed by atoms with Crippen LogP contribution in [0.1, 0.15) is 11.4 Å². The van der Waals surface area contributed by atoms with E-state index in [1.807, 2.05) is 18.2 Å². The maximum Gasteiger partial charge on any atom is 0.322 e. The van der Waals surface area contributed by atoms with Crippen molar-refractivity contribution in [2.45, 2.75) is 18.7 Å². The average Bonchev–Trinajstić information content (AvgIpc) is 3.14. The van der Waals surface area contributed by atoms with Gasteiger partial charge in [-0.2, -0.15) is 18.7 Å². The predicted molar refractivity (Wildman–Crippen MR) is 106 cm³/mol. The number of benzene rings is 2. The average molecular weight is 413 g/mol. The van der Waals surface area contributed by atoms with Gasteiger partial charge in [-0.05, 0) is 38.1 Å². The molecule has 0 aliphatic heterocycles. The Morgan fingerprint density at radius 3 is 2.36 bits per heavy atom. The van der Waals surface area contributed by atoms with E-state index in [0.29, 0.717) is 33.9 Å². The summed E-state index contributed by atoms with van der Waals surface area (Å²) in [7, 11) is -3.89. The van der Waals surface area contributed by atoms with Crippen molar-refractivity contribution in [1.82, 2.24) is 18.7 Å². The minimum atomic E-state index is -3.89. The van der Waals surface area contributed by atoms with E-state index in [2.05, 4.69) is 23.4 Å². The van der Waals surface area contributed by atoms with Crippen LogP contribution in [0.3, 0.4) is 0 Å². The summed E-state index contributed by atoms with van der Waals surface area (Å²) in [6.45, 7) is 3.38. The lowest BCUT2D eigenvalue weighted by Crippen LogP contribution is -2.16. The molecule has 0 aliphatic rings. The largest absolute Gasteiger partial charge is 0.424 e. The quantitative estimate of drug-likeness (QED) is 0.532. The summed E-state index contributed by atoms with van der Waals surface area (Å²) < 4.78 is 42.3. The van der Waals surface area contributed by atoms with E-state index in [1.54, 1.807) is 38.1 Å². The molecule has 2 heterocycles. The number of nitrogens with zero attached hydrogens (tertiary/aromatic N) is 4. The second-order valence-electron chi connectivity index (χ2n) is 5.96. The number of sulfonamides is 1. The van der Waals surface area contributed by atoms with Gasteiger partial charge in [0, 0.05) is 0 Å². The van der Waals surface area contributed by atoms with Crippen LogP contribution in [0.25, 0.3) is 11.0 Å². The van der Waals surface area contributed by atoms with Crippen LogP contribution in [-0.2, 0) is 10.0 Å². The number of nitrogens with one attached hydrogen (secondary N) is 1. The molecule has 2 aromatic heterocycles. The summed E-state index contributed by atoms with van der Waals surface area (Å²) in [6, 6.07) is 14.1. The summed E-state index contributed by atoms with van der Waals surface area (Å²) in [5.41, 5.74) is 2.07. The van der Waals surface area contributed by atoms with E-state index in [4.69, 9.17) is 4.74 Å². The van der Waals surface area contributed by atoms with Crippen molar-refractivity contribution >= 4 is 38.5 Å². The number of hydrogen-bond donors (Lipinski definition) is 1. The maximum atomic E-state index is 12.9. The number of para-hydroxylation sites is 1. The van der Waals surface area contributed by atoms with E-state index >= 15 is 0 Å². The van der Waals surface area contributed by atoms with Gasteiger partial charge in [0.25, 0.3) is 10.0 Å². The lowest BCUT2D eigenvalue weighted by atomic mass is 10.3. The van der Waals surface area contributed by atoms with Crippen LogP contribution in [0.15, 0.2) is 53.4 Å². The molecule has 0 spiro atoms. The molecule has 0 bridgehead atoms. The Bertz CT molecular complexity index is 1230. The SMILES string of the molecule is Cc1nc(Oc2ccccc2)nc(C)c1NS(=O)(=O)c1cccc2nsnc12. The normalized spacial score (nSPS) is 11.5. The van der Waals surface area contributed by atoms with Crippen LogP contribution in [0, 0.1) is 13.8 Å². The van der Waals surface area contributed by atoms with Crippen molar-refractivity contribution in [3.8, 4) is 11.8 Å². The third kappa shape index (κ3) is 3.51. The second-order valence-corrected chi connectivity index (χ2v) is 8.14. The minimum Gasteiger partial charge on any atom is -0.424 e. The third-order valence-electron chi connectivity index (χ3n) is 3.98. The third-order valence-corrected chi connectivity index (χ3v) is 5.90. The molecular weight excluding hydrogens is 398 g/mol. The molecule has 4 rings (SSSR count). The highest BCUT2D eigenvalue weighted by molar-refractivity contribution is 7.93. The molecule has 10 heteroatoms. The van der Waals surface area contributed by atoms with Gasteiger partial charge in [0.2, 0.25) is 0 Å². The van der Waals surface area contributed by atoms with Gasteiger partial charge in [0.15, 0.2) is 0 Å². The van der Waals surface area contributed by atoms with E-state index in [-0.39, 0.29) is 10.9 Å². The maximum absolute atomic E-state index is 12.9. The Balaban J connectivity index is 1.67. The second kappa shape index (κ2) is 7.13. The molecule has 0 aliphatic carbocycles. The molecule has 1 N–H and O–H groups in total. The first-order valence-electron chi connectivity index (χ1n) is 8.26. The van der Waals surface area contributed by atoms with Gasteiger partial charge < -0.3 is 4.74 Å². The Labute approximate surface area is 165 Å². The first kappa shape index (κ1) is 18.3. The summed E-state index contributed by atoms with van der Waals surface area (Å²) in [5, 5.41) is 0. The van der Waals surface area contributed by atoms with Crippen molar-refractivity contribution in [1.29, 1.82) is 0 Å². The molecule has 28 heavy (non-hydrogen) atoms. The summed E-state index contributed by atoms with van der Waals surface area (Å²) in [4.78, 5) is 8.60. The van der Waals surface area contributed by atoms with Crippen LogP contribution in [0.2, 0.25) is 0 Å². The fourth-order valence-electron chi connectivity index (χ4n) is 2.66. The highest BCUT2D eigenvalue weighted by atomic mass is 32.2. The zero-order chi connectivity index (χ0) is 19.7. The zero-order valence-corrected chi connectivity index (χ0v) is 16.6. The van der Waals surface area contributed by atoms with Crippen molar-refractivity contribution in [3.05, 3.63) is 59.9 Å². The molecule has 0 saturated carbocycles. The predicted octanol–water partition coefficient (Wildman–Crippen LogP) is 3.69. The van der Waals surface area contributed by atoms with Crippen molar-refractivity contribution in [2.75, 3.05) is 4.72 Å². The van der Waals surface area contributed by atoms with Crippen LogP contribution >= 0.6 is 11.7 Å². The molecule has 0 amide bonds. The molecule has 0 radical (unpaired) electrons. The highest BCUT2D eigenvalue weighted by Gasteiger charge is 2.22. The molecule has 0 atom stereocenters. The zero-order valence-electron chi connectivity index (χ0n) is 14.9. The monoisotopic (exact) mass is 413 g/mol. The van der Waals surface area contributed by atoms with Crippen LogP contribution in [-0.4, -0.2) is 27.1 Å². The topological polar surface area (TPSA) is 107 Å². The lowest BCUT2D eigenvalue weighted by Gasteiger charge is -2.14. The van der Waals surface area contributed by atoms with Gasteiger partial charge in [-0.1, -0.05) is 24.3 Å². The summed E-state index contributed by atoms with van der Waals surface area (Å²) >= 11 is 0.965. The number of hydrogen-bond acceptors (Lipinski definition) is 8. The van der Waals surface area contributed by atoms with Crippen molar-refractivity contribution in [2.24, 2.45) is 0 Å². The Hall–Kier alpha value is -3.11. The molecule has 8 nitrogen and oxygen atoms in total. The lowest BCUT2D eigenvalue weighted by molar-refractivity contribution is 0.439. The van der Waals surface area contributed by atoms with E-state index in [0.717, 1.165) is 11.7 Å². The summed E-state index contributed by atoms with van der Waals surface area (Å²) in [6.07, 6.45) is 0. The number of rotatable bonds is 5. The van der Waals surface area contributed by atoms with E-state index in [9.17, 15) is 8.42 Å². The van der Waals surface area contributed by atoms with Crippen LogP contribution in [0.4, 0.5) is 5.69 Å². The first-order chi connectivity index (χ1) is 13.4. The van der Waals surface area contributed by atoms with Gasteiger partial charge in [-0.15, -0.1) is 0 Å². The summed E-state index contributed by atoms with van der Waals surface area (Å²) in [5.74, 6) is 0.595. The van der Waals surface area contributed by atoms with Crippen LogP contribution in [0.5, 0.6) is 11.8 Å². The number of fused-ring (bicyclic) bond motifs is 1. The Kier molecular flexibility index (Phi) is 4.65.